The molecular weight excluding hydrogens is 396 g/mol. The van der Waals surface area contributed by atoms with Gasteiger partial charge in [-0.25, -0.2) is 9.78 Å². The first-order valence-electron chi connectivity index (χ1n) is 8.31. The van der Waals surface area contributed by atoms with Gasteiger partial charge >= 0.3 is 5.97 Å². The van der Waals surface area contributed by atoms with Gasteiger partial charge in [0, 0.05) is 26.9 Å². The van der Waals surface area contributed by atoms with Crippen LogP contribution < -0.4 is 5.32 Å². The molecule has 5 nitrogen and oxygen atoms in total. The monoisotopic (exact) mass is 408 g/mol. The van der Waals surface area contributed by atoms with Crippen molar-refractivity contribution in [3.63, 3.8) is 0 Å². The summed E-state index contributed by atoms with van der Waals surface area (Å²) in [5.74, 6) is -1.48. The summed E-state index contributed by atoms with van der Waals surface area (Å²) in [5, 5.41) is 16.2. The van der Waals surface area contributed by atoms with Crippen LogP contribution in [-0.4, -0.2) is 22.0 Å². The number of rotatable bonds is 4. The third kappa shape index (κ3) is 3.47. The number of nitrogens with one attached hydrogen (secondary N) is 1. The minimum Gasteiger partial charge on any atom is -0.478 e. The molecule has 1 heterocycles. The molecular formula is C21H13ClN2O3S. The number of fused-ring (bicyclic) bond motifs is 1. The van der Waals surface area contributed by atoms with Crippen molar-refractivity contribution in [2.45, 2.75) is 0 Å². The van der Waals surface area contributed by atoms with Gasteiger partial charge in [-0.3, -0.25) is 10.1 Å². The fourth-order valence-electron chi connectivity index (χ4n) is 2.96. The Morgan fingerprint density at radius 3 is 2.32 bits per heavy atom. The minimum atomic E-state index is -1.08. The molecule has 0 aliphatic heterocycles. The second-order valence-corrected chi connectivity index (χ2v) is 7.31. The van der Waals surface area contributed by atoms with Crippen LogP contribution >= 0.6 is 22.9 Å². The number of aromatic carboxylic acids is 1. The molecule has 0 aliphatic rings. The maximum Gasteiger partial charge on any atom is 0.336 e. The minimum absolute atomic E-state index is 0.0873. The molecule has 3 aromatic carbocycles. The van der Waals surface area contributed by atoms with Crippen molar-refractivity contribution < 1.29 is 14.7 Å². The van der Waals surface area contributed by atoms with E-state index in [-0.39, 0.29) is 5.56 Å². The number of thiazole rings is 1. The molecule has 0 fully saturated rings. The van der Waals surface area contributed by atoms with Crippen LogP contribution in [0.1, 0.15) is 20.7 Å². The Morgan fingerprint density at radius 1 is 0.964 bits per heavy atom. The standard InChI is InChI=1S/C21H13ClN2O3S/c22-14-9-7-12(8-10-14)17-11-28-21(23-17)24-19(25)15-5-1-3-13-4-2-6-16(18(13)15)20(26)27/h1-11H,(H,26,27)(H,23,24,25). The van der Waals surface area contributed by atoms with Crippen molar-refractivity contribution in [2.75, 3.05) is 5.32 Å². The van der Waals surface area contributed by atoms with Gasteiger partial charge in [0.05, 0.1) is 11.3 Å². The van der Waals surface area contributed by atoms with Crippen LogP contribution in [0, 0.1) is 0 Å². The first kappa shape index (κ1) is 18.2. The molecule has 0 saturated carbocycles. The van der Waals surface area contributed by atoms with Gasteiger partial charge in [-0.2, -0.15) is 0 Å². The van der Waals surface area contributed by atoms with E-state index in [0.717, 1.165) is 11.3 Å². The maximum atomic E-state index is 12.8. The largest absolute Gasteiger partial charge is 0.478 e. The number of nitrogens with zero attached hydrogens (tertiary/aromatic N) is 1. The number of benzene rings is 3. The Labute approximate surface area is 169 Å². The number of aromatic nitrogens is 1. The van der Waals surface area contributed by atoms with Gasteiger partial charge in [0.2, 0.25) is 0 Å². The number of carboxylic acid groups (broad SMARTS) is 1. The van der Waals surface area contributed by atoms with E-state index in [1.165, 1.54) is 17.4 Å². The molecule has 2 N–H and O–H groups in total. The molecule has 7 heteroatoms. The number of anilines is 1. The summed E-state index contributed by atoms with van der Waals surface area (Å²) >= 11 is 7.20. The molecule has 4 aromatic rings. The lowest BCUT2D eigenvalue weighted by Crippen LogP contribution is -2.13. The Balaban J connectivity index is 1.66. The van der Waals surface area contributed by atoms with Gasteiger partial charge in [-0.05, 0) is 29.7 Å². The van der Waals surface area contributed by atoms with E-state index in [4.69, 9.17) is 11.6 Å². The van der Waals surface area contributed by atoms with Crippen molar-refractivity contribution in [2.24, 2.45) is 0 Å². The molecule has 0 bridgehead atoms. The summed E-state index contributed by atoms with van der Waals surface area (Å²) < 4.78 is 0. The first-order valence-corrected chi connectivity index (χ1v) is 9.56. The van der Waals surface area contributed by atoms with Crippen molar-refractivity contribution in [3.8, 4) is 11.3 Å². The second kappa shape index (κ2) is 7.42. The molecule has 1 amide bonds. The van der Waals surface area contributed by atoms with E-state index in [0.29, 0.717) is 26.5 Å². The molecule has 0 aliphatic carbocycles. The fraction of sp³-hybridized carbons (Fsp3) is 0. The summed E-state index contributed by atoms with van der Waals surface area (Å²) in [5.41, 5.74) is 1.99. The number of hydrogen-bond acceptors (Lipinski definition) is 4. The number of carboxylic acids is 1. The molecule has 0 spiro atoms. The van der Waals surface area contributed by atoms with E-state index < -0.39 is 11.9 Å². The Kier molecular flexibility index (Phi) is 4.81. The quantitative estimate of drug-likeness (QED) is 0.462. The second-order valence-electron chi connectivity index (χ2n) is 6.01. The van der Waals surface area contributed by atoms with Gasteiger partial charge in [-0.15, -0.1) is 11.3 Å². The third-order valence-electron chi connectivity index (χ3n) is 4.24. The Bertz CT molecular complexity index is 1200. The van der Waals surface area contributed by atoms with Crippen LogP contribution in [0.15, 0.2) is 66.0 Å². The number of amides is 1. The van der Waals surface area contributed by atoms with Crippen LogP contribution in [-0.2, 0) is 0 Å². The van der Waals surface area contributed by atoms with E-state index in [2.05, 4.69) is 10.3 Å². The lowest BCUT2D eigenvalue weighted by Gasteiger charge is -2.09. The Morgan fingerprint density at radius 2 is 1.64 bits per heavy atom. The fourth-order valence-corrected chi connectivity index (χ4v) is 3.80. The van der Waals surface area contributed by atoms with Gasteiger partial charge in [-0.1, -0.05) is 48.0 Å². The van der Waals surface area contributed by atoms with E-state index in [9.17, 15) is 14.7 Å². The predicted molar refractivity (Wildman–Crippen MR) is 111 cm³/mol. The van der Waals surface area contributed by atoms with Crippen LogP contribution in [0.3, 0.4) is 0 Å². The summed E-state index contributed by atoms with van der Waals surface area (Å²) in [6.07, 6.45) is 0. The van der Waals surface area contributed by atoms with Gasteiger partial charge < -0.3 is 5.11 Å². The van der Waals surface area contributed by atoms with Crippen molar-refractivity contribution >= 4 is 50.7 Å². The Hall–Kier alpha value is -3.22. The van der Waals surface area contributed by atoms with E-state index >= 15 is 0 Å². The highest BCUT2D eigenvalue weighted by molar-refractivity contribution is 7.14. The third-order valence-corrected chi connectivity index (χ3v) is 5.25. The average Bonchev–Trinajstić information content (AvgIpc) is 3.15. The van der Waals surface area contributed by atoms with Crippen molar-refractivity contribution in [1.29, 1.82) is 0 Å². The molecule has 0 radical (unpaired) electrons. The molecule has 0 atom stereocenters. The van der Waals surface area contributed by atoms with E-state index in [1.807, 2.05) is 17.5 Å². The van der Waals surface area contributed by atoms with E-state index in [1.54, 1.807) is 42.5 Å². The summed E-state index contributed by atoms with van der Waals surface area (Å²) in [4.78, 5) is 28.9. The highest BCUT2D eigenvalue weighted by Crippen LogP contribution is 2.28. The molecule has 0 saturated heterocycles. The van der Waals surface area contributed by atoms with Crippen LogP contribution in [0.2, 0.25) is 5.02 Å². The molecule has 28 heavy (non-hydrogen) atoms. The highest BCUT2D eigenvalue weighted by atomic mass is 35.5. The lowest BCUT2D eigenvalue weighted by atomic mass is 9.99. The van der Waals surface area contributed by atoms with Crippen molar-refractivity contribution in [1.82, 2.24) is 4.98 Å². The zero-order valence-electron chi connectivity index (χ0n) is 14.3. The summed E-state index contributed by atoms with van der Waals surface area (Å²) in [7, 11) is 0. The number of carbonyl (C=O) groups excluding carboxylic acids is 1. The molecule has 0 unspecified atom stereocenters. The molecule has 1 aromatic heterocycles. The topological polar surface area (TPSA) is 79.3 Å². The zero-order chi connectivity index (χ0) is 19.7. The zero-order valence-corrected chi connectivity index (χ0v) is 15.9. The summed E-state index contributed by atoms with van der Waals surface area (Å²) in [6, 6.07) is 17.3. The van der Waals surface area contributed by atoms with Crippen LogP contribution in [0.4, 0.5) is 5.13 Å². The van der Waals surface area contributed by atoms with Gasteiger partial charge in [0.15, 0.2) is 5.13 Å². The smallest absolute Gasteiger partial charge is 0.336 e. The van der Waals surface area contributed by atoms with Gasteiger partial charge in [0.25, 0.3) is 5.91 Å². The maximum absolute atomic E-state index is 12.8. The van der Waals surface area contributed by atoms with Crippen LogP contribution in [0.25, 0.3) is 22.0 Å². The lowest BCUT2D eigenvalue weighted by molar-refractivity contribution is 0.0699. The molecule has 4 rings (SSSR count). The number of carbonyl (C=O) groups is 2. The average molecular weight is 409 g/mol. The summed E-state index contributed by atoms with van der Waals surface area (Å²) in [6.45, 7) is 0. The number of hydrogen-bond donors (Lipinski definition) is 2. The number of halogens is 1. The van der Waals surface area contributed by atoms with Gasteiger partial charge in [0.1, 0.15) is 0 Å². The predicted octanol–water partition coefficient (Wildman–Crippen LogP) is 5.57. The SMILES string of the molecule is O=C(O)c1cccc2cccc(C(=O)Nc3nc(-c4ccc(Cl)cc4)cs3)c12. The van der Waals surface area contributed by atoms with Crippen molar-refractivity contribution in [3.05, 3.63) is 82.2 Å². The first-order chi connectivity index (χ1) is 13.5. The highest BCUT2D eigenvalue weighted by Gasteiger charge is 2.17. The normalized spacial score (nSPS) is 10.8. The molecule has 138 valence electrons. The van der Waals surface area contributed by atoms with Crippen LogP contribution in [0.5, 0.6) is 0 Å².